The van der Waals surface area contributed by atoms with Gasteiger partial charge in [0.15, 0.2) is 0 Å². The number of hydrogen-bond donors (Lipinski definition) is 1. The third kappa shape index (κ3) is 4.82. The van der Waals surface area contributed by atoms with E-state index in [0.29, 0.717) is 0 Å². The number of nitrogens with one attached hydrogen (secondary N) is 1. The number of aryl methyl sites for hydroxylation is 1. The maximum atomic E-state index is 13.2. The predicted octanol–water partition coefficient (Wildman–Crippen LogP) is 2.75. The fourth-order valence-electron chi connectivity index (χ4n) is 2.16. The van der Waals surface area contributed by atoms with E-state index in [1.807, 2.05) is 10.7 Å². The summed E-state index contributed by atoms with van der Waals surface area (Å²) in [5.74, 6) is 1.67. The molecule has 1 aromatic heterocycles. The summed E-state index contributed by atoms with van der Waals surface area (Å²) in [6, 6.07) is 7.01. The van der Waals surface area contributed by atoms with Gasteiger partial charge in [-0.2, -0.15) is 5.10 Å². The van der Waals surface area contributed by atoms with Crippen molar-refractivity contribution in [2.24, 2.45) is 0 Å². The van der Waals surface area contributed by atoms with Crippen LogP contribution in [0.4, 0.5) is 4.39 Å². The van der Waals surface area contributed by atoms with Crippen molar-refractivity contribution in [3.8, 4) is 0 Å². The number of nitrogens with zero attached hydrogens (tertiary/aromatic N) is 3. The minimum atomic E-state index is -0.189. The Morgan fingerprint density at radius 2 is 2.24 bits per heavy atom. The minimum Gasteiger partial charge on any atom is -0.313 e. The number of rotatable bonds is 8. The highest BCUT2D eigenvalue weighted by Gasteiger charge is 2.13. The van der Waals surface area contributed by atoms with Crippen LogP contribution in [-0.4, -0.2) is 33.1 Å². The van der Waals surface area contributed by atoms with Crippen molar-refractivity contribution in [3.63, 3.8) is 0 Å². The lowest BCUT2D eigenvalue weighted by atomic mass is 10.2. The molecule has 1 unspecified atom stereocenters. The van der Waals surface area contributed by atoms with Crippen LogP contribution in [0.15, 0.2) is 35.5 Å². The second-order valence-corrected chi connectivity index (χ2v) is 5.81. The van der Waals surface area contributed by atoms with Crippen molar-refractivity contribution in [2.75, 3.05) is 12.3 Å². The Hall–Kier alpha value is -1.40. The van der Waals surface area contributed by atoms with Crippen LogP contribution in [-0.2, 0) is 13.0 Å². The highest BCUT2D eigenvalue weighted by Crippen LogP contribution is 2.20. The van der Waals surface area contributed by atoms with E-state index in [9.17, 15) is 4.39 Å². The summed E-state index contributed by atoms with van der Waals surface area (Å²) in [4.78, 5) is 5.27. The predicted molar refractivity (Wildman–Crippen MR) is 84.0 cm³/mol. The molecular formula is C15H21FN4S. The number of hydrogen-bond acceptors (Lipinski definition) is 4. The van der Waals surface area contributed by atoms with Gasteiger partial charge in [-0.25, -0.2) is 9.37 Å². The third-order valence-electron chi connectivity index (χ3n) is 3.16. The molecule has 1 N–H and O–H groups in total. The molecule has 0 saturated carbocycles. The van der Waals surface area contributed by atoms with Crippen LogP contribution in [0.2, 0.25) is 0 Å². The Balaban J connectivity index is 1.95. The molecule has 0 spiro atoms. The summed E-state index contributed by atoms with van der Waals surface area (Å²) < 4.78 is 15.1. The smallest absolute Gasteiger partial charge is 0.138 e. The first-order valence-corrected chi connectivity index (χ1v) is 8.20. The summed E-state index contributed by atoms with van der Waals surface area (Å²) in [5, 5.41) is 7.66. The Kier molecular flexibility index (Phi) is 6.20. The lowest BCUT2D eigenvalue weighted by Crippen LogP contribution is -2.34. The number of thioether (sulfide) groups is 1. The standard InChI is InChI=1S/C15H21FN4S/c1-3-17-13(9-15-18-11-19-20(15)4-2)10-21-14-7-5-6-12(16)8-14/h5-8,11,13,17H,3-4,9-10H2,1-2H3. The van der Waals surface area contributed by atoms with Crippen molar-refractivity contribution in [2.45, 2.75) is 37.8 Å². The molecule has 0 amide bonds. The van der Waals surface area contributed by atoms with E-state index in [2.05, 4.69) is 29.2 Å². The summed E-state index contributed by atoms with van der Waals surface area (Å²) >= 11 is 1.66. The summed E-state index contributed by atoms with van der Waals surface area (Å²) in [7, 11) is 0. The van der Waals surface area contributed by atoms with Crippen LogP contribution in [0.1, 0.15) is 19.7 Å². The number of benzene rings is 1. The summed E-state index contributed by atoms with van der Waals surface area (Å²) in [6.45, 7) is 5.87. The highest BCUT2D eigenvalue weighted by molar-refractivity contribution is 7.99. The van der Waals surface area contributed by atoms with E-state index in [-0.39, 0.29) is 11.9 Å². The molecule has 2 rings (SSSR count). The Labute approximate surface area is 129 Å². The van der Waals surface area contributed by atoms with E-state index < -0.39 is 0 Å². The van der Waals surface area contributed by atoms with E-state index in [4.69, 9.17) is 0 Å². The van der Waals surface area contributed by atoms with Crippen LogP contribution in [0.5, 0.6) is 0 Å². The van der Waals surface area contributed by atoms with Gasteiger partial charge in [0.25, 0.3) is 0 Å². The summed E-state index contributed by atoms with van der Waals surface area (Å²) in [6.07, 6.45) is 2.42. The molecule has 1 aromatic carbocycles. The molecule has 0 fully saturated rings. The van der Waals surface area contributed by atoms with E-state index in [1.54, 1.807) is 30.2 Å². The largest absolute Gasteiger partial charge is 0.313 e. The van der Waals surface area contributed by atoms with Gasteiger partial charge >= 0.3 is 0 Å². The fourth-order valence-corrected chi connectivity index (χ4v) is 3.16. The van der Waals surface area contributed by atoms with Crippen LogP contribution >= 0.6 is 11.8 Å². The van der Waals surface area contributed by atoms with Gasteiger partial charge in [-0.15, -0.1) is 11.8 Å². The topological polar surface area (TPSA) is 42.7 Å². The van der Waals surface area contributed by atoms with Crippen LogP contribution < -0.4 is 5.32 Å². The maximum Gasteiger partial charge on any atom is 0.138 e. The van der Waals surface area contributed by atoms with Gasteiger partial charge in [0, 0.05) is 29.7 Å². The molecule has 114 valence electrons. The molecule has 0 saturated heterocycles. The number of halogens is 1. The molecule has 0 radical (unpaired) electrons. The number of likely N-dealkylation sites (N-methyl/N-ethyl adjacent to an activating group) is 1. The van der Waals surface area contributed by atoms with Gasteiger partial charge in [0.2, 0.25) is 0 Å². The van der Waals surface area contributed by atoms with E-state index in [0.717, 1.165) is 36.0 Å². The maximum absolute atomic E-state index is 13.2. The van der Waals surface area contributed by atoms with Crippen molar-refractivity contribution in [1.82, 2.24) is 20.1 Å². The van der Waals surface area contributed by atoms with Crippen molar-refractivity contribution >= 4 is 11.8 Å². The minimum absolute atomic E-state index is 0.189. The van der Waals surface area contributed by atoms with Gasteiger partial charge in [-0.05, 0) is 31.7 Å². The first-order chi connectivity index (χ1) is 10.2. The zero-order chi connectivity index (χ0) is 15.1. The van der Waals surface area contributed by atoms with Gasteiger partial charge in [0.1, 0.15) is 18.0 Å². The van der Waals surface area contributed by atoms with Crippen molar-refractivity contribution in [3.05, 3.63) is 42.2 Å². The monoisotopic (exact) mass is 308 g/mol. The lowest BCUT2D eigenvalue weighted by Gasteiger charge is -2.17. The van der Waals surface area contributed by atoms with E-state index in [1.165, 1.54) is 6.07 Å². The van der Waals surface area contributed by atoms with Crippen LogP contribution in [0, 0.1) is 5.82 Å². The Morgan fingerprint density at radius 3 is 2.95 bits per heavy atom. The van der Waals surface area contributed by atoms with Crippen LogP contribution in [0.25, 0.3) is 0 Å². The molecule has 2 aromatic rings. The lowest BCUT2D eigenvalue weighted by molar-refractivity contribution is 0.526. The quantitative estimate of drug-likeness (QED) is 0.762. The van der Waals surface area contributed by atoms with Gasteiger partial charge in [-0.1, -0.05) is 13.0 Å². The molecule has 21 heavy (non-hydrogen) atoms. The van der Waals surface area contributed by atoms with Crippen molar-refractivity contribution in [1.29, 1.82) is 0 Å². The molecule has 1 atom stereocenters. The van der Waals surface area contributed by atoms with E-state index >= 15 is 0 Å². The molecule has 0 aliphatic heterocycles. The SMILES string of the molecule is CCNC(CSc1cccc(F)c1)Cc1ncnn1CC. The van der Waals surface area contributed by atoms with Gasteiger partial charge in [0.05, 0.1) is 0 Å². The molecule has 4 nitrogen and oxygen atoms in total. The Morgan fingerprint density at radius 1 is 1.38 bits per heavy atom. The van der Waals surface area contributed by atoms with Crippen molar-refractivity contribution < 1.29 is 4.39 Å². The first-order valence-electron chi connectivity index (χ1n) is 7.21. The molecule has 0 aliphatic carbocycles. The Bertz CT molecular complexity index is 558. The zero-order valence-electron chi connectivity index (χ0n) is 12.4. The highest BCUT2D eigenvalue weighted by atomic mass is 32.2. The molecule has 6 heteroatoms. The second-order valence-electron chi connectivity index (χ2n) is 4.72. The normalized spacial score (nSPS) is 12.5. The number of aromatic nitrogens is 3. The van der Waals surface area contributed by atoms with Gasteiger partial charge < -0.3 is 5.32 Å². The average Bonchev–Trinajstić information content (AvgIpc) is 2.92. The molecule has 1 heterocycles. The molecular weight excluding hydrogens is 287 g/mol. The summed E-state index contributed by atoms with van der Waals surface area (Å²) in [5.41, 5.74) is 0. The zero-order valence-corrected chi connectivity index (χ0v) is 13.2. The molecule has 0 aliphatic rings. The first kappa shape index (κ1) is 16.0. The second kappa shape index (κ2) is 8.14. The average molecular weight is 308 g/mol. The van der Waals surface area contributed by atoms with Crippen LogP contribution in [0.3, 0.4) is 0 Å². The molecule has 0 bridgehead atoms. The fraction of sp³-hybridized carbons (Fsp3) is 0.467. The van der Waals surface area contributed by atoms with Gasteiger partial charge in [-0.3, -0.25) is 4.68 Å². The third-order valence-corrected chi connectivity index (χ3v) is 4.32.